The van der Waals surface area contributed by atoms with E-state index < -0.39 is 0 Å². The number of benzene rings is 1. The highest BCUT2D eigenvalue weighted by Crippen LogP contribution is 2.32. The van der Waals surface area contributed by atoms with Crippen LogP contribution >= 0.6 is 34.5 Å². The first-order valence-corrected chi connectivity index (χ1v) is 7.49. The van der Waals surface area contributed by atoms with Gasteiger partial charge in [0.15, 0.2) is 0 Å². The van der Waals surface area contributed by atoms with Gasteiger partial charge >= 0.3 is 0 Å². The molecule has 0 fully saturated rings. The Balaban J connectivity index is 2.37. The first-order chi connectivity index (χ1) is 8.74. The monoisotopic (exact) mass is 300 g/mol. The summed E-state index contributed by atoms with van der Waals surface area (Å²) in [6.07, 6.45) is 1.05. The average molecular weight is 301 g/mol. The third-order valence-electron chi connectivity index (χ3n) is 2.64. The molecule has 1 aromatic heterocycles. The highest BCUT2D eigenvalue weighted by molar-refractivity contribution is 7.07. The number of rotatable bonds is 5. The topological polar surface area (TPSA) is 24.9 Å². The quantitative estimate of drug-likeness (QED) is 0.877. The number of nitrogens with one attached hydrogen (secondary N) is 1. The molecule has 0 aliphatic rings. The Morgan fingerprint density at radius 1 is 1.39 bits per heavy atom. The fourth-order valence-corrected chi connectivity index (χ4v) is 2.77. The Morgan fingerprint density at radius 2 is 2.22 bits per heavy atom. The number of thiazole rings is 1. The SMILES string of the molecule is CCCNC(c1cscn1)c1cccc(Cl)c1Cl. The van der Waals surface area contributed by atoms with Gasteiger partial charge in [0.05, 0.1) is 27.3 Å². The molecule has 18 heavy (non-hydrogen) atoms. The van der Waals surface area contributed by atoms with Gasteiger partial charge in [-0.2, -0.15) is 0 Å². The second kappa shape index (κ2) is 6.53. The average Bonchev–Trinajstić information content (AvgIpc) is 2.88. The van der Waals surface area contributed by atoms with Crippen molar-refractivity contribution in [2.45, 2.75) is 19.4 Å². The van der Waals surface area contributed by atoms with Crippen LogP contribution in [0.25, 0.3) is 0 Å². The van der Waals surface area contributed by atoms with Crippen LogP contribution in [0, 0.1) is 0 Å². The van der Waals surface area contributed by atoms with Gasteiger partial charge < -0.3 is 5.32 Å². The van der Waals surface area contributed by atoms with Gasteiger partial charge in [0.25, 0.3) is 0 Å². The summed E-state index contributed by atoms with van der Waals surface area (Å²) in [4.78, 5) is 4.37. The normalized spacial score (nSPS) is 12.6. The summed E-state index contributed by atoms with van der Waals surface area (Å²) in [5.41, 5.74) is 3.79. The fraction of sp³-hybridized carbons (Fsp3) is 0.308. The standard InChI is InChI=1S/C13H14Cl2N2S/c1-2-6-16-13(11-7-18-8-17-11)9-4-3-5-10(14)12(9)15/h3-5,7-8,13,16H,2,6H2,1H3. The molecular weight excluding hydrogens is 287 g/mol. The van der Waals surface area contributed by atoms with Crippen molar-refractivity contribution in [1.82, 2.24) is 10.3 Å². The summed E-state index contributed by atoms with van der Waals surface area (Å²) in [7, 11) is 0. The van der Waals surface area contributed by atoms with Crippen LogP contribution in [0.2, 0.25) is 10.0 Å². The number of halogens is 2. The Kier molecular flexibility index (Phi) is 5.01. The van der Waals surface area contributed by atoms with Gasteiger partial charge in [0, 0.05) is 5.38 Å². The zero-order valence-electron chi connectivity index (χ0n) is 9.99. The molecule has 1 aromatic carbocycles. The molecule has 1 heterocycles. The molecule has 1 unspecified atom stereocenters. The first kappa shape index (κ1) is 13.8. The molecule has 0 bridgehead atoms. The maximum atomic E-state index is 6.29. The molecule has 0 saturated carbocycles. The van der Waals surface area contributed by atoms with Crippen LogP contribution in [0.3, 0.4) is 0 Å². The van der Waals surface area contributed by atoms with Gasteiger partial charge in [-0.1, -0.05) is 42.3 Å². The Morgan fingerprint density at radius 3 is 2.89 bits per heavy atom. The highest BCUT2D eigenvalue weighted by Gasteiger charge is 2.19. The minimum atomic E-state index is 0.00222. The van der Waals surface area contributed by atoms with Crippen molar-refractivity contribution in [2.75, 3.05) is 6.54 Å². The van der Waals surface area contributed by atoms with Crippen LogP contribution in [-0.4, -0.2) is 11.5 Å². The molecular formula is C13H14Cl2N2S. The van der Waals surface area contributed by atoms with Gasteiger partial charge in [0.1, 0.15) is 0 Å². The number of hydrogen-bond donors (Lipinski definition) is 1. The van der Waals surface area contributed by atoms with Crippen molar-refractivity contribution < 1.29 is 0 Å². The van der Waals surface area contributed by atoms with Crippen molar-refractivity contribution in [1.29, 1.82) is 0 Å². The summed E-state index contributed by atoms with van der Waals surface area (Å²) in [6.45, 7) is 3.04. The summed E-state index contributed by atoms with van der Waals surface area (Å²) < 4.78 is 0. The number of aromatic nitrogens is 1. The van der Waals surface area contributed by atoms with Crippen molar-refractivity contribution in [3.8, 4) is 0 Å². The van der Waals surface area contributed by atoms with E-state index in [4.69, 9.17) is 23.2 Å². The van der Waals surface area contributed by atoms with Crippen LogP contribution in [0.1, 0.15) is 30.6 Å². The predicted octanol–water partition coefficient (Wildman–Crippen LogP) is 4.54. The van der Waals surface area contributed by atoms with E-state index in [1.54, 1.807) is 17.4 Å². The first-order valence-electron chi connectivity index (χ1n) is 5.79. The van der Waals surface area contributed by atoms with Gasteiger partial charge in [-0.25, -0.2) is 4.98 Å². The molecule has 96 valence electrons. The second-order valence-electron chi connectivity index (χ2n) is 3.94. The lowest BCUT2D eigenvalue weighted by molar-refractivity contribution is 0.589. The van der Waals surface area contributed by atoms with Crippen molar-refractivity contribution >= 4 is 34.5 Å². The van der Waals surface area contributed by atoms with E-state index in [-0.39, 0.29) is 6.04 Å². The molecule has 0 aliphatic heterocycles. The second-order valence-corrected chi connectivity index (χ2v) is 5.45. The Labute approximate surface area is 121 Å². The molecule has 1 N–H and O–H groups in total. The summed E-state index contributed by atoms with van der Waals surface area (Å²) in [6, 6.07) is 5.70. The maximum Gasteiger partial charge on any atom is 0.0795 e. The lowest BCUT2D eigenvalue weighted by Crippen LogP contribution is -2.23. The molecule has 2 aromatic rings. The van der Waals surface area contributed by atoms with Gasteiger partial charge in [-0.05, 0) is 24.6 Å². The third kappa shape index (κ3) is 3.04. The van der Waals surface area contributed by atoms with Crippen molar-refractivity contribution in [3.63, 3.8) is 0 Å². The Hall–Kier alpha value is -0.610. The lowest BCUT2D eigenvalue weighted by atomic mass is 10.0. The smallest absolute Gasteiger partial charge is 0.0795 e. The minimum absolute atomic E-state index is 0.00222. The van der Waals surface area contributed by atoms with E-state index in [0.717, 1.165) is 24.2 Å². The molecule has 0 saturated heterocycles. The van der Waals surface area contributed by atoms with Crippen molar-refractivity contribution in [2.24, 2.45) is 0 Å². The highest BCUT2D eigenvalue weighted by atomic mass is 35.5. The molecule has 0 radical (unpaired) electrons. The summed E-state index contributed by atoms with van der Waals surface area (Å²) >= 11 is 13.9. The molecule has 2 nitrogen and oxygen atoms in total. The van der Waals surface area contributed by atoms with E-state index >= 15 is 0 Å². The van der Waals surface area contributed by atoms with Crippen LogP contribution < -0.4 is 5.32 Å². The molecule has 2 rings (SSSR count). The zero-order chi connectivity index (χ0) is 13.0. The zero-order valence-corrected chi connectivity index (χ0v) is 12.3. The van der Waals surface area contributed by atoms with Gasteiger partial charge in [-0.15, -0.1) is 11.3 Å². The third-order valence-corrected chi connectivity index (χ3v) is 4.08. The van der Waals surface area contributed by atoms with Crippen molar-refractivity contribution in [3.05, 3.63) is 50.4 Å². The minimum Gasteiger partial charge on any atom is -0.305 e. The van der Waals surface area contributed by atoms with Crippen LogP contribution in [0.15, 0.2) is 29.1 Å². The molecule has 0 aliphatic carbocycles. The molecule has 1 atom stereocenters. The Bertz CT molecular complexity index is 500. The summed E-state index contributed by atoms with van der Waals surface area (Å²) in [5.74, 6) is 0. The van der Waals surface area contributed by atoms with E-state index in [1.165, 1.54) is 0 Å². The van der Waals surface area contributed by atoms with Crippen LogP contribution in [0.4, 0.5) is 0 Å². The number of nitrogens with zero attached hydrogens (tertiary/aromatic N) is 1. The van der Waals surface area contributed by atoms with Gasteiger partial charge in [0.2, 0.25) is 0 Å². The molecule has 0 amide bonds. The maximum absolute atomic E-state index is 6.29. The molecule has 0 spiro atoms. The predicted molar refractivity (Wildman–Crippen MR) is 78.7 cm³/mol. The summed E-state index contributed by atoms with van der Waals surface area (Å²) in [5, 5.41) is 6.66. The lowest BCUT2D eigenvalue weighted by Gasteiger charge is -2.18. The van der Waals surface area contributed by atoms with E-state index in [9.17, 15) is 0 Å². The molecule has 5 heteroatoms. The van der Waals surface area contributed by atoms with E-state index in [0.29, 0.717) is 10.0 Å². The van der Waals surface area contributed by atoms with E-state index in [1.807, 2.05) is 23.0 Å². The van der Waals surface area contributed by atoms with Gasteiger partial charge in [-0.3, -0.25) is 0 Å². The number of hydrogen-bond acceptors (Lipinski definition) is 3. The largest absolute Gasteiger partial charge is 0.305 e. The van der Waals surface area contributed by atoms with Crippen LogP contribution in [-0.2, 0) is 0 Å². The fourth-order valence-electron chi connectivity index (χ4n) is 1.77. The van der Waals surface area contributed by atoms with E-state index in [2.05, 4.69) is 17.2 Å². The van der Waals surface area contributed by atoms with Crippen LogP contribution in [0.5, 0.6) is 0 Å².